The average molecular weight is 402 g/mol. The van der Waals surface area contributed by atoms with E-state index in [1.165, 1.54) is 22.0 Å². The minimum absolute atomic E-state index is 0.744. The van der Waals surface area contributed by atoms with E-state index in [0.29, 0.717) is 0 Å². The van der Waals surface area contributed by atoms with Gasteiger partial charge >= 0.3 is 0 Å². The van der Waals surface area contributed by atoms with Gasteiger partial charge in [-0.05, 0) is 48.9 Å². The van der Waals surface area contributed by atoms with Gasteiger partial charge in [0.15, 0.2) is 0 Å². The minimum atomic E-state index is -2.32. The molecule has 3 aromatic rings. The van der Waals surface area contributed by atoms with E-state index in [2.05, 4.69) is 43.3 Å². The predicted octanol–water partition coefficient (Wildman–Crippen LogP) is 4.19. The van der Waals surface area contributed by atoms with Gasteiger partial charge in [0.1, 0.15) is 23.2 Å². The first-order valence-electron chi connectivity index (χ1n) is 10.2. The molecule has 0 aliphatic rings. The topological polar surface area (TPSA) is 40.1 Å². The van der Waals surface area contributed by atoms with Crippen LogP contribution in [-0.2, 0) is 4.79 Å². The molecule has 0 aromatic heterocycles. The summed E-state index contributed by atoms with van der Waals surface area (Å²) in [6.07, 6.45) is 5.24. The number of aliphatic carboxylic acids is 1. The van der Waals surface area contributed by atoms with Crippen LogP contribution in [0, 0.1) is 0 Å². The molecule has 3 heteroatoms. The number of unbranched alkanes of at least 4 members (excludes halogenated alkanes) is 2. The van der Waals surface area contributed by atoms with Gasteiger partial charge in [0.05, 0.1) is 11.3 Å². The van der Waals surface area contributed by atoms with E-state index < -0.39 is 13.2 Å². The molecule has 0 amide bonds. The number of benzene rings is 3. The van der Waals surface area contributed by atoms with Crippen LogP contribution in [0.3, 0.4) is 0 Å². The highest BCUT2D eigenvalue weighted by atomic mass is 31.2. The highest BCUT2D eigenvalue weighted by Crippen LogP contribution is 2.63. The molecule has 3 aromatic carbocycles. The largest absolute Gasteiger partial charge is 0.545 e. The molecule has 0 atom stereocenters. The quantitative estimate of drug-likeness (QED) is 0.306. The Morgan fingerprint density at radius 3 is 1.52 bits per heavy atom. The van der Waals surface area contributed by atoms with Gasteiger partial charge in [0.2, 0.25) is 0 Å². The molecule has 0 spiro atoms. The fraction of sp³-hybridized carbons (Fsp3) is 0.192. The summed E-state index contributed by atoms with van der Waals surface area (Å²) in [5.41, 5.74) is 0. The lowest BCUT2D eigenvalue weighted by Crippen LogP contribution is -2.33. The summed E-state index contributed by atoms with van der Waals surface area (Å²) in [6, 6.07) is 31.1. The first-order valence-corrected chi connectivity index (χ1v) is 12.0. The summed E-state index contributed by atoms with van der Waals surface area (Å²) < 4.78 is 0. The zero-order valence-electron chi connectivity index (χ0n) is 16.8. The fourth-order valence-corrected chi connectivity index (χ4v) is 8.47. The number of carboxylic acid groups (broad SMARTS) is 1. The van der Waals surface area contributed by atoms with E-state index in [1.807, 2.05) is 54.6 Å². The van der Waals surface area contributed by atoms with E-state index >= 15 is 0 Å². The van der Waals surface area contributed by atoms with E-state index in [0.717, 1.165) is 31.0 Å². The zero-order valence-corrected chi connectivity index (χ0v) is 17.7. The fourth-order valence-electron chi connectivity index (χ4n) is 3.93. The molecule has 29 heavy (non-hydrogen) atoms. The van der Waals surface area contributed by atoms with Gasteiger partial charge in [-0.15, -0.1) is 0 Å². The lowest BCUT2D eigenvalue weighted by atomic mass is 10.2. The highest BCUT2D eigenvalue weighted by molar-refractivity contribution is 7.99. The molecule has 0 unspecified atom stereocenters. The second kappa shape index (κ2) is 10.2. The van der Waals surface area contributed by atoms with Crippen LogP contribution in [0.4, 0.5) is 0 Å². The molecule has 0 N–H and O–H groups in total. The lowest BCUT2D eigenvalue weighted by Gasteiger charge is -2.30. The molecule has 0 aliphatic carbocycles. The Labute approximate surface area is 174 Å². The number of rotatable bonds is 9. The van der Waals surface area contributed by atoms with Crippen LogP contribution in [0.25, 0.3) is 0 Å². The van der Waals surface area contributed by atoms with Crippen LogP contribution in [-0.4, -0.2) is 5.97 Å². The zero-order chi connectivity index (χ0) is 20.5. The second-order valence-corrected chi connectivity index (χ2v) is 10.6. The Balaban J connectivity index is 2.36. The highest BCUT2D eigenvalue weighted by Gasteiger charge is 2.48. The van der Waals surface area contributed by atoms with E-state index in [4.69, 9.17) is 0 Å². The first-order chi connectivity index (χ1) is 14.2. The van der Waals surface area contributed by atoms with Crippen molar-refractivity contribution in [2.24, 2.45) is 0 Å². The average Bonchev–Trinajstić information content (AvgIpc) is 2.76. The number of hydrogen-bond acceptors (Lipinski definition) is 2. The van der Waals surface area contributed by atoms with Crippen molar-refractivity contribution in [3.05, 3.63) is 102 Å². The van der Waals surface area contributed by atoms with E-state index in [-0.39, 0.29) is 0 Å². The summed E-state index contributed by atoms with van der Waals surface area (Å²) in [5, 5.41) is 16.3. The summed E-state index contributed by atoms with van der Waals surface area (Å²) in [7, 11) is -2.32. The van der Waals surface area contributed by atoms with E-state index in [1.54, 1.807) is 0 Å². The molecule has 0 radical (unpaired) electrons. The maximum atomic E-state index is 11.8. The van der Waals surface area contributed by atoms with Crippen LogP contribution < -0.4 is 21.0 Å². The lowest BCUT2D eigenvalue weighted by molar-refractivity contribution is -0.297. The van der Waals surface area contributed by atoms with Crippen molar-refractivity contribution in [3.63, 3.8) is 0 Å². The van der Waals surface area contributed by atoms with Gasteiger partial charge in [-0.1, -0.05) is 74.4 Å². The Hall–Kier alpha value is -2.70. The molecular weight excluding hydrogens is 375 g/mol. The molecule has 0 aliphatic heterocycles. The van der Waals surface area contributed by atoms with Gasteiger partial charge in [-0.3, -0.25) is 0 Å². The van der Waals surface area contributed by atoms with Crippen LogP contribution in [0.1, 0.15) is 32.6 Å². The molecule has 0 heterocycles. The van der Waals surface area contributed by atoms with E-state index in [9.17, 15) is 9.90 Å². The number of carbonyl (C=O) groups is 1. The number of allylic oxidation sites excluding steroid dienone is 1. The van der Waals surface area contributed by atoms with Crippen LogP contribution in [0.2, 0.25) is 0 Å². The van der Waals surface area contributed by atoms with Gasteiger partial charge in [0, 0.05) is 6.42 Å². The van der Waals surface area contributed by atoms with Gasteiger partial charge in [0.25, 0.3) is 0 Å². The molecule has 0 saturated heterocycles. The number of hydrogen-bond donors (Lipinski definition) is 0. The maximum absolute atomic E-state index is 11.8. The predicted molar refractivity (Wildman–Crippen MR) is 122 cm³/mol. The number of carboxylic acids is 1. The second-order valence-electron chi connectivity index (χ2n) is 7.09. The third-order valence-electron chi connectivity index (χ3n) is 5.18. The number of carbonyl (C=O) groups excluding carboxylic acids is 1. The third-order valence-corrected chi connectivity index (χ3v) is 9.61. The summed E-state index contributed by atoms with van der Waals surface area (Å²) in [5.74, 6) is -1.12. The van der Waals surface area contributed by atoms with Crippen LogP contribution in [0.5, 0.6) is 0 Å². The summed E-state index contributed by atoms with van der Waals surface area (Å²) >= 11 is 0. The molecule has 3 rings (SSSR count). The normalized spacial score (nSPS) is 12.0. The molecule has 0 saturated carbocycles. The standard InChI is InChI=1S/C26H27O2P/c1-2-3-7-20-25(21-26(27)28)29(22-14-8-4-9-15-22,23-16-10-5-11-17-23)24-18-12-6-13-19-24/h4-6,8-19,21H,2-3,7,20H2,1H3/b25-21-. The summed E-state index contributed by atoms with van der Waals surface area (Å²) in [6.45, 7) is 2.16. The van der Waals surface area contributed by atoms with Gasteiger partial charge in [-0.2, -0.15) is 0 Å². The van der Waals surface area contributed by atoms with Crippen LogP contribution in [0.15, 0.2) is 102 Å². The first kappa shape index (κ1) is 21.0. The van der Waals surface area contributed by atoms with Crippen molar-refractivity contribution < 1.29 is 9.90 Å². The Kier molecular flexibility index (Phi) is 7.38. The monoisotopic (exact) mass is 402 g/mol. The van der Waals surface area contributed by atoms with Gasteiger partial charge < -0.3 is 9.90 Å². The maximum Gasteiger partial charge on any atom is 0.140 e. The Morgan fingerprint density at radius 2 is 1.17 bits per heavy atom. The molecule has 0 fully saturated rings. The molecule has 148 valence electrons. The Morgan fingerprint density at radius 1 is 0.759 bits per heavy atom. The van der Waals surface area contributed by atoms with Crippen molar-refractivity contribution in [1.82, 2.24) is 0 Å². The van der Waals surface area contributed by atoms with Crippen molar-refractivity contribution in [1.29, 1.82) is 0 Å². The molecule has 0 bridgehead atoms. The Bertz CT molecular complexity index is 838. The van der Waals surface area contributed by atoms with Crippen LogP contribution >= 0.6 is 7.26 Å². The SMILES string of the molecule is CCCCC/C(=C/C(=O)[O-])[P+](c1ccccc1)(c1ccccc1)c1ccccc1. The van der Waals surface area contributed by atoms with Crippen molar-refractivity contribution >= 4 is 29.1 Å². The minimum Gasteiger partial charge on any atom is -0.545 e. The van der Waals surface area contributed by atoms with Crippen molar-refractivity contribution in [3.8, 4) is 0 Å². The van der Waals surface area contributed by atoms with Crippen molar-refractivity contribution in [2.75, 3.05) is 0 Å². The summed E-state index contributed by atoms with van der Waals surface area (Å²) in [4.78, 5) is 11.8. The van der Waals surface area contributed by atoms with Gasteiger partial charge in [-0.25, -0.2) is 0 Å². The smallest absolute Gasteiger partial charge is 0.140 e. The van der Waals surface area contributed by atoms with Crippen molar-refractivity contribution in [2.45, 2.75) is 32.6 Å². The third kappa shape index (κ3) is 4.66. The molecule has 2 nitrogen and oxygen atoms in total. The molecular formula is C26H27O2P.